The lowest BCUT2D eigenvalue weighted by molar-refractivity contribution is 0.0721. The van der Waals surface area contributed by atoms with Gasteiger partial charge in [-0.25, -0.2) is 18.8 Å². The molecule has 2 aliphatic rings. The minimum absolute atomic E-state index is 0.0426. The average molecular weight is 453 g/mol. The molecule has 4 rings (SSSR count). The van der Waals surface area contributed by atoms with Gasteiger partial charge in [-0.3, -0.25) is 4.79 Å². The van der Waals surface area contributed by atoms with Gasteiger partial charge >= 0.3 is 0 Å². The van der Waals surface area contributed by atoms with Crippen molar-refractivity contribution < 1.29 is 27.4 Å². The number of benzene rings is 1. The van der Waals surface area contributed by atoms with Gasteiger partial charge in [0.2, 0.25) is 11.8 Å². The molecule has 3 N–H and O–H groups in total. The molecule has 12 heteroatoms. The number of ether oxygens (including phenoxy) is 2. The SMILES string of the molecule is COc1nc(F)cnc1C(=O)Nc1ccc(F)c([C@]23CO[C@H](CF)[C@H]2CSC(N)=N3)c1. The summed E-state index contributed by atoms with van der Waals surface area (Å²) in [6.07, 6.45) is 0.0436. The van der Waals surface area contributed by atoms with E-state index in [2.05, 4.69) is 20.3 Å². The second kappa shape index (κ2) is 8.35. The third kappa shape index (κ3) is 3.81. The van der Waals surface area contributed by atoms with Crippen molar-refractivity contribution in [1.82, 2.24) is 9.97 Å². The summed E-state index contributed by atoms with van der Waals surface area (Å²) in [6, 6.07) is 3.92. The molecule has 1 saturated heterocycles. The van der Waals surface area contributed by atoms with Gasteiger partial charge in [-0.05, 0) is 18.2 Å². The number of nitrogens with zero attached hydrogens (tertiary/aromatic N) is 3. The number of fused-ring (bicyclic) bond motifs is 1. The Labute approximate surface area is 179 Å². The Morgan fingerprint density at radius 1 is 1.45 bits per heavy atom. The Balaban J connectivity index is 1.69. The van der Waals surface area contributed by atoms with E-state index in [4.69, 9.17) is 15.2 Å². The van der Waals surface area contributed by atoms with E-state index in [9.17, 15) is 18.0 Å². The van der Waals surface area contributed by atoms with Gasteiger partial charge in [0.25, 0.3) is 5.91 Å². The highest BCUT2D eigenvalue weighted by atomic mass is 32.2. The summed E-state index contributed by atoms with van der Waals surface area (Å²) in [4.78, 5) is 24.2. The van der Waals surface area contributed by atoms with E-state index in [0.29, 0.717) is 5.75 Å². The molecule has 0 saturated carbocycles. The molecule has 2 aliphatic heterocycles. The minimum Gasteiger partial charge on any atom is -0.479 e. The first kappa shape index (κ1) is 21.4. The number of aromatic nitrogens is 2. The Kier molecular flexibility index (Phi) is 5.75. The van der Waals surface area contributed by atoms with Crippen LogP contribution in [0.25, 0.3) is 0 Å². The van der Waals surface area contributed by atoms with Gasteiger partial charge in [-0.2, -0.15) is 9.37 Å². The predicted molar refractivity (Wildman–Crippen MR) is 108 cm³/mol. The first-order valence-corrected chi connectivity index (χ1v) is 10.2. The number of alkyl halides is 1. The van der Waals surface area contributed by atoms with Crippen molar-refractivity contribution in [3.8, 4) is 5.88 Å². The number of rotatable bonds is 5. The van der Waals surface area contributed by atoms with E-state index in [0.717, 1.165) is 6.20 Å². The molecule has 8 nitrogen and oxygen atoms in total. The van der Waals surface area contributed by atoms with Gasteiger partial charge in [0.05, 0.1) is 26.0 Å². The van der Waals surface area contributed by atoms with Gasteiger partial charge in [0.15, 0.2) is 10.9 Å². The largest absolute Gasteiger partial charge is 0.479 e. The van der Waals surface area contributed by atoms with Crippen LogP contribution >= 0.6 is 11.8 Å². The van der Waals surface area contributed by atoms with Crippen LogP contribution in [0.15, 0.2) is 29.4 Å². The highest BCUT2D eigenvalue weighted by Gasteiger charge is 2.54. The standard InChI is InChI=1S/C19H18F3N5O3S/c1-29-17-15(24-6-14(22)26-17)16(28)25-9-2-3-12(21)10(4-9)19-8-30-13(5-20)11(19)7-31-18(23)27-19/h2-4,6,11,13H,5,7-8H2,1H3,(H2,23,27)(H,25,28)/t11-,13-,19-/m1/s1. The van der Waals surface area contributed by atoms with Crippen molar-refractivity contribution in [2.75, 3.05) is 31.5 Å². The number of nitrogens with one attached hydrogen (secondary N) is 1. The maximum atomic E-state index is 14.9. The molecule has 1 aromatic heterocycles. The molecule has 164 valence electrons. The van der Waals surface area contributed by atoms with Gasteiger partial charge in [0.1, 0.15) is 18.0 Å². The quantitative estimate of drug-likeness (QED) is 0.714. The molecular weight excluding hydrogens is 435 g/mol. The summed E-state index contributed by atoms with van der Waals surface area (Å²) >= 11 is 1.26. The Bertz CT molecular complexity index is 1060. The van der Waals surface area contributed by atoms with Crippen LogP contribution in [-0.2, 0) is 10.3 Å². The maximum Gasteiger partial charge on any atom is 0.279 e. The van der Waals surface area contributed by atoms with Crippen molar-refractivity contribution in [2.24, 2.45) is 16.6 Å². The number of hydrogen-bond donors (Lipinski definition) is 2. The molecule has 0 radical (unpaired) electrons. The van der Waals surface area contributed by atoms with Crippen LogP contribution in [0.2, 0.25) is 0 Å². The summed E-state index contributed by atoms with van der Waals surface area (Å²) in [5.74, 6) is -2.54. The summed E-state index contributed by atoms with van der Waals surface area (Å²) in [5, 5.41) is 2.81. The highest BCUT2D eigenvalue weighted by molar-refractivity contribution is 8.13. The number of amides is 1. The van der Waals surface area contributed by atoms with Crippen LogP contribution in [0.3, 0.4) is 0 Å². The molecule has 1 aromatic carbocycles. The molecule has 0 aliphatic carbocycles. The number of carbonyl (C=O) groups is 1. The van der Waals surface area contributed by atoms with Gasteiger partial charge in [-0.15, -0.1) is 0 Å². The smallest absolute Gasteiger partial charge is 0.279 e. The second-order valence-corrected chi connectivity index (χ2v) is 8.04. The van der Waals surface area contributed by atoms with Crippen molar-refractivity contribution in [3.63, 3.8) is 0 Å². The van der Waals surface area contributed by atoms with E-state index < -0.39 is 41.9 Å². The monoisotopic (exact) mass is 453 g/mol. The van der Waals surface area contributed by atoms with E-state index in [1.54, 1.807) is 0 Å². The van der Waals surface area contributed by atoms with E-state index >= 15 is 0 Å². The predicted octanol–water partition coefficient (Wildman–Crippen LogP) is 2.26. The fourth-order valence-electron chi connectivity index (χ4n) is 3.79. The normalized spacial score (nSPS) is 25.0. The fourth-order valence-corrected chi connectivity index (χ4v) is 4.86. The molecule has 3 atom stereocenters. The van der Waals surface area contributed by atoms with Gasteiger partial charge < -0.3 is 20.5 Å². The average Bonchev–Trinajstić information content (AvgIpc) is 3.13. The van der Waals surface area contributed by atoms with Crippen molar-refractivity contribution in [2.45, 2.75) is 11.6 Å². The van der Waals surface area contributed by atoms with Crippen LogP contribution in [0.1, 0.15) is 16.1 Å². The number of hydrogen-bond acceptors (Lipinski definition) is 8. The van der Waals surface area contributed by atoms with Crippen LogP contribution < -0.4 is 15.8 Å². The van der Waals surface area contributed by atoms with Gasteiger partial charge in [0, 0.05) is 22.9 Å². The number of anilines is 1. The Hall–Kier alpha value is -2.86. The molecule has 3 heterocycles. The molecule has 31 heavy (non-hydrogen) atoms. The fraction of sp³-hybridized carbons (Fsp3) is 0.368. The number of halogens is 3. The van der Waals surface area contributed by atoms with Crippen LogP contribution in [-0.4, -0.2) is 53.3 Å². The number of thioether (sulfide) groups is 1. The lowest BCUT2D eigenvalue weighted by Gasteiger charge is -2.35. The first-order chi connectivity index (χ1) is 14.9. The molecule has 2 aromatic rings. The van der Waals surface area contributed by atoms with E-state index in [1.807, 2.05) is 0 Å². The summed E-state index contributed by atoms with van der Waals surface area (Å²) < 4.78 is 52.1. The Morgan fingerprint density at radius 2 is 2.26 bits per heavy atom. The molecule has 0 unspecified atom stereocenters. The summed E-state index contributed by atoms with van der Waals surface area (Å²) in [5.41, 5.74) is 4.80. The molecular formula is C19H18F3N5O3S. The molecule has 1 amide bonds. The zero-order valence-corrected chi connectivity index (χ0v) is 17.1. The highest BCUT2D eigenvalue weighted by Crippen LogP contribution is 2.48. The van der Waals surface area contributed by atoms with E-state index in [-0.39, 0.29) is 34.6 Å². The third-order valence-corrected chi connectivity index (χ3v) is 6.18. The van der Waals surface area contributed by atoms with Crippen LogP contribution in [0.5, 0.6) is 5.88 Å². The lowest BCUT2D eigenvalue weighted by Crippen LogP contribution is -2.42. The number of carbonyl (C=O) groups excluding carboxylic acids is 1. The summed E-state index contributed by atoms with van der Waals surface area (Å²) in [6.45, 7) is -0.775. The van der Waals surface area contributed by atoms with Crippen molar-refractivity contribution >= 4 is 28.5 Å². The van der Waals surface area contributed by atoms with Gasteiger partial charge in [-0.1, -0.05) is 11.8 Å². The number of aliphatic imine (C=N–C) groups is 1. The molecule has 0 spiro atoms. The van der Waals surface area contributed by atoms with Crippen LogP contribution in [0.4, 0.5) is 18.9 Å². The van der Waals surface area contributed by atoms with Crippen molar-refractivity contribution in [3.05, 3.63) is 47.4 Å². The number of methoxy groups -OCH3 is 1. The Morgan fingerprint density at radius 3 is 3.00 bits per heavy atom. The van der Waals surface area contributed by atoms with E-state index in [1.165, 1.54) is 37.1 Å². The molecule has 1 fully saturated rings. The number of amidine groups is 1. The first-order valence-electron chi connectivity index (χ1n) is 9.21. The topological polar surface area (TPSA) is 112 Å². The van der Waals surface area contributed by atoms with Crippen LogP contribution in [0, 0.1) is 17.7 Å². The second-order valence-electron chi connectivity index (χ2n) is 6.99. The molecule has 0 bridgehead atoms. The summed E-state index contributed by atoms with van der Waals surface area (Å²) in [7, 11) is 1.22. The maximum absolute atomic E-state index is 14.9. The number of nitrogens with two attached hydrogens (primary N) is 1. The zero-order valence-electron chi connectivity index (χ0n) is 16.3. The third-order valence-electron chi connectivity index (χ3n) is 5.26. The lowest BCUT2D eigenvalue weighted by atomic mass is 9.79. The van der Waals surface area contributed by atoms with Crippen molar-refractivity contribution in [1.29, 1.82) is 0 Å². The zero-order chi connectivity index (χ0) is 22.2. The minimum atomic E-state index is -1.20.